The molecule has 1 heterocycles. The highest BCUT2D eigenvalue weighted by Crippen LogP contribution is 2.32. The van der Waals surface area contributed by atoms with Gasteiger partial charge in [-0.25, -0.2) is 4.39 Å². The molecule has 0 bridgehead atoms. The van der Waals surface area contributed by atoms with Crippen LogP contribution in [0.15, 0.2) is 24.3 Å². The molecule has 0 spiro atoms. The van der Waals surface area contributed by atoms with E-state index in [1.807, 2.05) is 0 Å². The number of carbonyl (C=O) groups excluding carboxylic acids is 1. The molecular weight excluding hydrogens is 318 g/mol. The number of thiophene rings is 1. The largest absolute Gasteiger partial charge is 0.294 e. The highest BCUT2D eigenvalue weighted by molar-refractivity contribution is 7.20. The van der Waals surface area contributed by atoms with Gasteiger partial charge in [-0.3, -0.25) is 4.79 Å². The van der Waals surface area contributed by atoms with Crippen LogP contribution in [-0.4, -0.2) is 5.78 Å². The lowest BCUT2D eigenvalue weighted by Crippen LogP contribution is -2.04. The van der Waals surface area contributed by atoms with Gasteiger partial charge in [-0.05, 0) is 29.8 Å². The first-order chi connectivity index (χ1) is 8.47. The van der Waals surface area contributed by atoms with Crippen molar-refractivity contribution in [1.82, 2.24) is 0 Å². The van der Waals surface area contributed by atoms with Crippen molar-refractivity contribution in [3.05, 3.63) is 54.9 Å². The zero-order valence-corrected chi connectivity index (χ0v) is 11.9. The van der Waals surface area contributed by atoms with Gasteiger partial charge in [-0.15, -0.1) is 11.3 Å². The van der Waals surface area contributed by atoms with Crippen molar-refractivity contribution in [3.63, 3.8) is 0 Å². The van der Waals surface area contributed by atoms with Gasteiger partial charge in [0, 0.05) is 17.0 Å². The van der Waals surface area contributed by atoms with Crippen molar-refractivity contribution >= 4 is 51.9 Å². The molecule has 6 heteroatoms. The fourth-order valence-corrected chi connectivity index (χ4v) is 3.17. The first kappa shape index (κ1) is 13.8. The first-order valence-corrected chi connectivity index (χ1v) is 6.84. The minimum Gasteiger partial charge on any atom is -0.294 e. The lowest BCUT2D eigenvalue weighted by atomic mass is 10.0. The standard InChI is InChI=1S/C12H6Cl3FOS/c13-7-1-2-9(16)6(3-7)4-10(17)8-5-11(14)18-12(8)15/h1-3,5H,4H2. The van der Waals surface area contributed by atoms with Crippen LogP contribution in [0, 0.1) is 5.82 Å². The quantitative estimate of drug-likeness (QED) is 0.703. The third kappa shape index (κ3) is 3.04. The van der Waals surface area contributed by atoms with Gasteiger partial charge in [0.2, 0.25) is 0 Å². The number of hydrogen-bond donors (Lipinski definition) is 0. The van der Waals surface area contributed by atoms with Crippen molar-refractivity contribution in [2.24, 2.45) is 0 Å². The lowest BCUT2D eigenvalue weighted by Gasteiger charge is -2.02. The second-order valence-electron chi connectivity index (χ2n) is 3.57. The average molecular weight is 324 g/mol. The monoisotopic (exact) mass is 322 g/mol. The Kier molecular flexibility index (Phi) is 4.28. The molecule has 1 aromatic heterocycles. The Morgan fingerprint density at radius 1 is 1.22 bits per heavy atom. The molecule has 0 fully saturated rings. The summed E-state index contributed by atoms with van der Waals surface area (Å²) in [6.07, 6.45) is -0.0980. The van der Waals surface area contributed by atoms with Crippen LogP contribution >= 0.6 is 46.1 Å². The lowest BCUT2D eigenvalue weighted by molar-refractivity contribution is 0.0992. The Morgan fingerprint density at radius 3 is 2.56 bits per heavy atom. The Morgan fingerprint density at radius 2 is 1.94 bits per heavy atom. The number of carbonyl (C=O) groups is 1. The predicted octanol–water partition coefficient (Wildman–Crippen LogP) is 5.27. The van der Waals surface area contributed by atoms with Gasteiger partial charge in [0.1, 0.15) is 10.2 Å². The van der Waals surface area contributed by atoms with Crippen LogP contribution in [0.2, 0.25) is 13.7 Å². The number of hydrogen-bond acceptors (Lipinski definition) is 2. The molecule has 1 aromatic carbocycles. The fraction of sp³-hybridized carbons (Fsp3) is 0.0833. The maximum absolute atomic E-state index is 13.5. The molecule has 0 aliphatic heterocycles. The fourth-order valence-electron chi connectivity index (χ4n) is 1.48. The van der Waals surface area contributed by atoms with Crippen molar-refractivity contribution in [1.29, 1.82) is 0 Å². The Balaban J connectivity index is 2.26. The first-order valence-electron chi connectivity index (χ1n) is 4.89. The van der Waals surface area contributed by atoms with Crippen molar-refractivity contribution in [2.75, 3.05) is 0 Å². The summed E-state index contributed by atoms with van der Waals surface area (Å²) in [6.45, 7) is 0. The molecule has 0 unspecified atom stereocenters. The molecule has 1 nitrogen and oxygen atoms in total. The van der Waals surface area contributed by atoms with Crippen LogP contribution in [0.1, 0.15) is 15.9 Å². The van der Waals surface area contributed by atoms with Gasteiger partial charge in [0.15, 0.2) is 5.78 Å². The molecule has 2 rings (SSSR count). The van der Waals surface area contributed by atoms with E-state index in [9.17, 15) is 9.18 Å². The molecule has 2 aromatic rings. The van der Waals surface area contributed by atoms with Crippen LogP contribution in [0.3, 0.4) is 0 Å². The topological polar surface area (TPSA) is 17.1 Å². The van der Waals surface area contributed by atoms with Gasteiger partial charge in [0.05, 0.1) is 4.34 Å². The molecule has 18 heavy (non-hydrogen) atoms. The Bertz CT molecular complexity index is 609. The summed E-state index contributed by atoms with van der Waals surface area (Å²) in [6, 6.07) is 5.57. The second-order valence-corrected chi connectivity index (χ2v) is 6.30. The van der Waals surface area contributed by atoms with Crippen LogP contribution < -0.4 is 0 Å². The summed E-state index contributed by atoms with van der Waals surface area (Å²) >= 11 is 18.5. The maximum Gasteiger partial charge on any atom is 0.169 e. The van der Waals surface area contributed by atoms with Crippen LogP contribution in [0.5, 0.6) is 0 Å². The number of ketones is 1. The van der Waals surface area contributed by atoms with Gasteiger partial charge in [-0.2, -0.15) is 0 Å². The number of rotatable bonds is 3. The van der Waals surface area contributed by atoms with E-state index in [0.717, 1.165) is 11.3 Å². The van der Waals surface area contributed by atoms with Gasteiger partial charge >= 0.3 is 0 Å². The summed E-state index contributed by atoms with van der Waals surface area (Å²) in [5.74, 6) is -0.755. The van der Waals surface area contributed by atoms with E-state index in [4.69, 9.17) is 34.8 Å². The molecular formula is C12H6Cl3FOS. The number of Topliss-reactive ketones (excluding diaryl/α,β-unsaturated/α-hetero) is 1. The molecule has 0 atom stereocenters. The van der Waals surface area contributed by atoms with Crippen molar-refractivity contribution in [3.8, 4) is 0 Å². The molecule has 0 N–H and O–H groups in total. The average Bonchev–Trinajstić information content (AvgIpc) is 2.63. The zero-order chi connectivity index (χ0) is 13.3. The molecule has 0 saturated carbocycles. The van der Waals surface area contributed by atoms with E-state index in [1.165, 1.54) is 24.3 Å². The van der Waals surface area contributed by atoms with Crippen LogP contribution in [0.25, 0.3) is 0 Å². The number of halogens is 4. The van der Waals surface area contributed by atoms with E-state index in [0.29, 0.717) is 19.3 Å². The van der Waals surface area contributed by atoms with E-state index in [2.05, 4.69) is 0 Å². The van der Waals surface area contributed by atoms with E-state index < -0.39 is 5.82 Å². The molecule has 0 radical (unpaired) electrons. The molecule has 94 valence electrons. The van der Waals surface area contributed by atoms with Gasteiger partial charge < -0.3 is 0 Å². The van der Waals surface area contributed by atoms with E-state index in [1.54, 1.807) is 0 Å². The smallest absolute Gasteiger partial charge is 0.169 e. The van der Waals surface area contributed by atoms with Crippen LogP contribution in [0.4, 0.5) is 4.39 Å². The highest BCUT2D eigenvalue weighted by Gasteiger charge is 2.16. The Hall–Kier alpha value is -0.610. The SMILES string of the molecule is O=C(Cc1cc(Cl)ccc1F)c1cc(Cl)sc1Cl. The maximum atomic E-state index is 13.5. The summed E-state index contributed by atoms with van der Waals surface area (Å²) in [7, 11) is 0. The van der Waals surface area contributed by atoms with Gasteiger partial charge in [-0.1, -0.05) is 34.8 Å². The van der Waals surface area contributed by atoms with Crippen LogP contribution in [-0.2, 0) is 6.42 Å². The normalized spacial score (nSPS) is 10.7. The number of benzene rings is 1. The van der Waals surface area contributed by atoms with E-state index >= 15 is 0 Å². The minimum atomic E-state index is -0.467. The Labute approximate surface area is 122 Å². The molecule has 0 aliphatic rings. The molecule has 0 amide bonds. The highest BCUT2D eigenvalue weighted by atomic mass is 35.5. The van der Waals surface area contributed by atoms with E-state index in [-0.39, 0.29) is 17.8 Å². The predicted molar refractivity (Wildman–Crippen MR) is 73.8 cm³/mol. The summed E-state index contributed by atoms with van der Waals surface area (Å²) in [5, 5.41) is 0.383. The molecule has 0 aliphatic carbocycles. The summed E-state index contributed by atoms with van der Waals surface area (Å²) < 4.78 is 14.2. The minimum absolute atomic E-state index is 0.0980. The third-order valence-electron chi connectivity index (χ3n) is 2.32. The molecule has 0 saturated heterocycles. The summed E-state index contributed by atoms with van der Waals surface area (Å²) in [4.78, 5) is 12.0. The zero-order valence-electron chi connectivity index (χ0n) is 8.84. The van der Waals surface area contributed by atoms with Crippen molar-refractivity contribution < 1.29 is 9.18 Å². The third-order valence-corrected chi connectivity index (χ3v) is 4.04. The van der Waals surface area contributed by atoms with Crippen molar-refractivity contribution in [2.45, 2.75) is 6.42 Å². The summed E-state index contributed by atoms with van der Waals surface area (Å²) in [5.41, 5.74) is 0.553. The second kappa shape index (κ2) is 5.57. The van der Waals surface area contributed by atoms with Gasteiger partial charge in [0.25, 0.3) is 0 Å².